The molecule has 0 amide bonds. The molecule has 128 valence electrons. The number of aromatic nitrogens is 1. The molecule has 1 aromatic carbocycles. The summed E-state index contributed by atoms with van der Waals surface area (Å²) in [5.41, 5.74) is 1.57. The predicted octanol–water partition coefficient (Wildman–Crippen LogP) is 2.17. The molecule has 2 saturated heterocycles. The average Bonchev–Trinajstić information content (AvgIpc) is 3.10. The van der Waals surface area contributed by atoms with Crippen molar-refractivity contribution in [2.24, 2.45) is 0 Å². The molecule has 2 fully saturated rings. The molecule has 0 aliphatic carbocycles. The minimum absolute atomic E-state index is 0.0698. The van der Waals surface area contributed by atoms with Gasteiger partial charge in [-0.15, -0.1) is 0 Å². The lowest BCUT2D eigenvalue weighted by Gasteiger charge is -2.26. The number of fused-ring (bicyclic) bond motifs is 2. The largest absolute Gasteiger partial charge is 0.449 e. The number of benzene rings is 1. The number of nitrogens with zero attached hydrogens (tertiary/aromatic N) is 2. The second-order valence-electron chi connectivity index (χ2n) is 6.49. The van der Waals surface area contributed by atoms with Crippen molar-refractivity contribution >= 4 is 10.0 Å². The van der Waals surface area contributed by atoms with E-state index in [0.717, 1.165) is 43.6 Å². The standard InChI is InChI=1S/C17H21N3O3S/c1-12-19-17(11-23-12)13-2-6-16(7-3-13)24(21,22)20-14-4-5-15(20)10-18-9-8-14/h2-3,6-7,11,14-15,18H,4-5,8-10H2,1H3. The van der Waals surface area contributed by atoms with Crippen LogP contribution in [-0.4, -0.2) is 42.9 Å². The summed E-state index contributed by atoms with van der Waals surface area (Å²) < 4.78 is 33.2. The average molecular weight is 347 g/mol. The summed E-state index contributed by atoms with van der Waals surface area (Å²) >= 11 is 0. The molecule has 3 heterocycles. The van der Waals surface area contributed by atoms with E-state index in [1.54, 1.807) is 41.8 Å². The van der Waals surface area contributed by atoms with E-state index in [0.29, 0.717) is 10.8 Å². The molecule has 6 nitrogen and oxygen atoms in total. The van der Waals surface area contributed by atoms with Crippen LogP contribution in [0.4, 0.5) is 0 Å². The topological polar surface area (TPSA) is 75.4 Å². The number of hydrogen-bond acceptors (Lipinski definition) is 5. The quantitative estimate of drug-likeness (QED) is 0.921. The lowest BCUT2D eigenvalue weighted by molar-refractivity contribution is 0.334. The van der Waals surface area contributed by atoms with Crippen LogP contribution in [0.3, 0.4) is 0 Å². The lowest BCUT2D eigenvalue weighted by Crippen LogP contribution is -2.42. The Labute approximate surface area is 141 Å². The van der Waals surface area contributed by atoms with Crippen LogP contribution in [0.2, 0.25) is 0 Å². The van der Waals surface area contributed by atoms with E-state index < -0.39 is 10.0 Å². The molecule has 0 saturated carbocycles. The van der Waals surface area contributed by atoms with Crippen molar-refractivity contribution in [2.75, 3.05) is 13.1 Å². The Balaban J connectivity index is 1.65. The van der Waals surface area contributed by atoms with Gasteiger partial charge in [-0.1, -0.05) is 12.1 Å². The fourth-order valence-electron chi connectivity index (χ4n) is 3.75. The normalized spacial score (nSPS) is 24.9. The zero-order chi connectivity index (χ0) is 16.7. The molecule has 2 atom stereocenters. The molecule has 24 heavy (non-hydrogen) atoms. The maximum Gasteiger partial charge on any atom is 0.243 e. The Bertz CT molecular complexity index is 815. The maximum absolute atomic E-state index is 13.1. The van der Waals surface area contributed by atoms with E-state index in [1.807, 2.05) is 0 Å². The number of nitrogens with one attached hydrogen (secondary N) is 1. The van der Waals surface area contributed by atoms with Gasteiger partial charge in [-0.2, -0.15) is 4.31 Å². The van der Waals surface area contributed by atoms with Gasteiger partial charge in [-0.05, 0) is 37.9 Å². The third kappa shape index (κ3) is 2.66. The molecule has 2 bridgehead atoms. The van der Waals surface area contributed by atoms with Crippen LogP contribution in [0.5, 0.6) is 0 Å². The van der Waals surface area contributed by atoms with Gasteiger partial charge in [0, 0.05) is 31.1 Å². The van der Waals surface area contributed by atoms with Crippen molar-refractivity contribution in [1.29, 1.82) is 0 Å². The number of aryl methyl sites for hydroxylation is 1. The molecule has 2 unspecified atom stereocenters. The number of rotatable bonds is 3. The molecule has 2 aromatic rings. The number of oxazole rings is 1. The molecule has 2 aliphatic rings. The Morgan fingerprint density at radius 1 is 1.17 bits per heavy atom. The third-order valence-corrected chi connectivity index (χ3v) is 6.95. The first-order chi connectivity index (χ1) is 11.6. The van der Waals surface area contributed by atoms with Crippen molar-refractivity contribution in [1.82, 2.24) is 14.6 Å². The molecular formula is C17H21N3O3S. The molecule has 7 heteroatoms. The first-order valence-corrected chi connectivity index (χ1v) is 9.76. The van der Waals surface area contributed by atoms with Crippen LogP contribution in [0.15, 0.2) is 39.8 Å². The van der Waals surface area contributed by atoms with E-state index in [-0.39, 0.29) is 12.1 Å². The zero-order valence-electron chi connectivity index (χ0n) is 13.6. The molecular weight excluding hydrogens is 326 g/mol. The van der Waals surface area contributed by atoms with Crippen LogP contribution in [0.1, 0.15) is 25.2 Å². The van der Waals surface area contributed by atoms with Crippen LogP contribution in [-0.2, 0) is 10.0 Å². The molecule has 0 radical (unpaired) electrons. The summed E-state index contributed by atoms with van der Waals surface area (Å²) in [4.78, 5) is 4.63. The van der Waals surface area contributed by atoms with E-state index >= 15 is 0 Å². The van der Waals surface area contributed by atoms with Gasteiger partial charge >= 0.3 is 0 Å². The fourth-order valence-corrected chi connectivity index (χ4v) is 5.65. The number of hydrogen-bond donors (Lipinski definition) is 1. The lowest BCUT2D eigenvalue weighted by atomic mass is 10.1. The Morgan fingerprint density at radius 2 is 1.92 bits per heavy atom. The van der Waals surface area contributed by atoms with E-state index in [4.69, 9.17) is 4.42 Å². The van der Waals surface area contributed by atoms with Crippen molar-refractivity contribution in [2.45, 2.75) is 43.2 Å². The summed E-state index contributed by atoms with van der Waals surface area (Å²) in [6.45, 7) is 3.41. The van der Waals surface area contributed by atoms with Gasteiger partial charge in [-0.3, -0.25) is 0 Å². The van der Waals surface area contributed by atoms with E-state index in [2.05, 4.69) is 10.3 Å². The Kier molecular flexibility index (Phi) is 3.94. The van der Waals surface area contributed by atoms with Gasteiger partial charge < -0.3 is 9.73 Å². The van der Waals surface area contributed by atoms with E-state index in [1.165, 1.54) is 0 Å². The van der Waals surface area contributed by atoms with Crippen molar-refractivity contribution in [3.05, 3.63) is 36.4 Å². The maximum atomic E-state index is 13.1. The van der Waals surface area contributed by atoms with Gasteiger partial charge in [0.1, 0.15) is 12.0 Å². The summed E-state index contributed by atoms with van der Waals surface area (Å²) in [7, 11) is -3.47. The second-order valence-corrected chi connectivity index (χ2v) is 8.33. The summed E-state index contributed by atoms with van der Waals surface area (Å²) in [5.74, 6) is 0.593. The first kappa shape index (κ1) is 15.8. The second kappa shape index (κ2) is 5.98. The summed E-state index contributed by atoms with van der Waals surface area (Å²) in [6.07, 6.45) is 4.36. The van der Waals surface area contributed by atoms with Gasteiger partial charge in [0.05, 0.1) is 4.90 Å². The highest BCUT2D eigenvalue weighted by Gasteiger charge is 2.42. The zero-order valence-corrected chi connectivity index (χ0v) is 14.4. The van der Waals surface area contributed by atoms with E-state index in [9.17, 15) is 8.42 Å². The highest BCUT2D eigenvalue weighted by Crippen LogP contribution is 2.34. The molecule has 1 N–H and O–H groups in total. The summed E-state index contributed by atoms with van der Waals surface area (Å²) in [6, 6.07) is 7.12. The van der Waals surface area contributed by atoms with Crippen molar-refractivity contribution < 1.29 is 12.8 Å². The monoisotopic (exact) mass is 347 g/mol. The van der Waals surface area contributed by atoms with Gasteiger partial charge in [0.2, 0.25) is 10.0 Å². The van der Waals surface area contributed by atoms with Crippen LogP contribution in [0.25, 0.3) is 11.3 Å². The summed E-state index contributed by atoms with van der Waals surface area (Å²) in [5, 5.41) is 3.34. The van der Waals surface area contributed by atoms with Crippen LogP contribution in [0, 0.1) is 6.92 Å². The van der Waals surface area contributed by atoms with Gasteiger partial charge in [0.15, 0.2) is 5.89 Å². The van der Waals surface area contributed by atoms with Crippen LogP contribution >= 0.6 is 0 Å². The smallest absolute Gasteiger partial charge is 0.243 e. The minimum Gasteiger partial charge on any atom is -0.449 e. The molecule has 1 aromatic heterocycles. The highest BCUT2D eigenvalue weighted by atomic mass is 32.2. The minimum atomic E-state index is -3.47. The predicted molar refractivity (Wildman–Crippen MR) is 90.0 cm³/mol. The Morgan fingerprint density at radius 3 is 2.62 bits per heavy atom. The SMILES string of the molecule is Cc1nc(-c2ccc(S(=O)(=O)N3C4CCNCC3CC4)cc2)co1. The number of sulfonamides is 1. The van der Waals surface area contributed by atoms with Crippen LogP contribution < -0.4 is 5.32 Å². The Hall–Kier alpha value is -1.70. The van der Waals surface area contributed by atoms with Crippen molar-refractivity contribution in [3.63, 3.8) is 0 Å². The van der Waals surface area contributed by atoms with Gasteiger partial charge in [-0.25, -0.2) is 13.4 Å². The third-order valence-electron chi connectivity index (χ3n) is 4.93. The first-order valence-electron chi connectivity index (χ1n) is 8.32. The molecule has 4 rings (SSSR count). The van der Waals surface area contributed by atoms with Crippen molar-refractivity contribution in [3.8, 4) is 11.3 Å². The molecule has 0 spiro atoms. The molecule has 2 aliphatic heterocycles. The van der Waals surface area contributed by atoms with Gasteiger partial charge in [0.25, 0.3) is 0 Å². The highest BCUT2D eigenvalue weighted by molar-refractivity contribution is 7.89. The fraction of sp³-hybridized carbons (Fsp3) is 0.471.